The Kier molecular flexibility index (Phi) is 2.71. The maximum absolute atomic E-state index is 5.42. The molecule has 0 aromatic carbocycles. The first-order chi connectivity index (χ1) is 7.45. The summed E-state index contributed by atoms with van der Waals surface area (Å²) in [6, 6.07) is 0.336. The molecule has 16 heavy (non-hydrogen) atoms. The monoisotopic (exact) mass is 254 g/mol. The van der Waals surface area contributed by atoms with Crippen LogP contribution >= 0.6 is 24.4 Å². The molecular weight excluding hydrogens is 240 g/mol. The van der Waals surface area contributed by atoms with Gasteiger partial charge in [0.05, 0.1) is 6.33 Å². The third kappa shape index (κ3) is 1.44. The van der Waals surface area contributed by atoms with Crippen LogP contribution in [-0.2, 0) is 14.1 Å². The Morgan fingerprint density at radius 3 is 2.38 bits per heavy atom. The number of hydrogen-bond acceptors (Lipinski definition) is 3. The van der Waals surface area contributed by atoms with Crippen LogP contribution < -0.4 is 0 Å². The number of imidazole rings is 1. The van der Waals surface area contributed by atoms with Crippen LogP contribution in [0, 0.1) is 9.41 Å². The fraction of sp³-hybridized carbons (Fsp3) is 0.500. The Morgan fingerprint density at radius 2 is 1.81 bits per heavy atom. The van der Waals surface area contributed by atoms with E-state index < -0.39 is 0 Å². The molecule has 0 aliphatic heterocycles. The van der Waals surface area contributed by atoms with Gasteiger partial charge in [-0.25, -0.2) is 4.98 Å². The first kappa shape index (κ1) is 11.5. The lowest BCUT2D eigenvalue weighted by Crippen LogP contribution is -2.08. The van der Waals surface area contributed by atoms with Gasteiger partial charge in [0.2, 0.25) is 0 Å². The minimum absolute atomic E-state index is 0.336. The van der Waals surface area contributed by atoms with Gasteiger partial charge >= 0.3 is 0 Å². The molecule has 0 atom stereocenters. The predicted octanol–water partition coefficient (Wildman–Crippen LogP) is 2.75. The highest BCUT2D eigenvalue weighted by Crippen LogP contribution is 2.18. The van der Waals surface area contributed by atoms with E-state index in [4.69, 9.17) is 24.4 Å². The Balaban J connectivity index is 3.07. The quantitative estimate of drug-likeness (QED) is 0.732. The average molecular weight is 254 g/mol. The van der Waals surface area contributed by atoms with Gasteiger partial charge in [-0.05, 0) is 26.1 Å². The molecule has 0 saturated heterocycles. The van der Waals surface area contributed by atoms with Crippen molar-refractivity contribution >= 4 is 35.6 Å². The molecule has 0 spiro atoms. The van der Waals surface area contributed by atoms with Crippen molar-refractivity contribution in [3.63, 3.8) is 0 Å². The molecular formula is C10H14N4S2. The topological polar surface area (TPSA) is 27.7 Å². The lowest BCUT2D eigenvalue weighted by molar-refractivity contribution is 0.613. The Morgan fingerprint density at radius 1 is 1.19 bits per heavy atom. The van der Waals surface area contributed by atoms with E-state index in [1.165, 1.54) is 0 Å². The second kappa shape index (κ2) is 3.78. The van der Waals surface area contributed by atoms with Crippen molar-refractivity contribution in [1.29, 1.82) is 0 Å². The Hall–Kier alpha value is -1.01. The molecule has 0 amide bonds. The molecule has 2 rings (SSSR count). The summed E-state index contributed by atoms with van der Waals surface area (Å²) in [6.07, 6.45) is 1.82. The SMILES string of the molecule is CC(C)n1cnc2c1c(=S)n(C)c(=S)n2C. The van der Waals surface area contributed by atoms with Gasteiger partial charge in [0.25, 0.3) is 0 Å². The van der Waals surface area contributed by atoms with Crippen molar-refractivity contribution in [2.45, 2.75) is 19.9 Å². The normalized spacial score (nSPS) is 11.6. The maximum atomic E-state index is 5.42. The molecule has 0 radical (unpaired) electrons. The number of fused-ring (bicyclic) bond motifs is 1. The summed E-state index contributed by atoms with van der Waals surface area (Å²) in [5, 5.41) is 0. The number of hydrogen-bond donors (Lipinski definition) is 0. The molecule has 0 aliphatic rings. The summed E-state index contributed by atoms with van der Waals surface area (Å²) in [5.74, 6) is 0. The van der Waals surface area contributed by atoms with Crippen LogP contribution in [0.3, 0.4) is 0 Å². The van der Waals surface area contributed by atoms with E-state index in [9.17, 15) is 0 Å². The number of aromatic nitrogens is 4. The molecule has 0 aliphatic carbocycles. The summed E-state index contributed by atoms with van der Waals surface area (Å²) in [7, 11) is 3.80. The standard InChI is InChI=1S/C10H14N4S2/c1-6(2)14-5-11-8-7(14)9(15)13(4)10(16)12(8)3/h5-6H,1-4H3. The third-order valence-corrected chi connectivity index (χ3v) is 3.74. The molecule has 0 unspecified atom stereocenters. The van der Waals surface area contributed by atoms with Crippen LogP contribution in [0.4, 0.5) is 0 Å². The lowest BCUT2D eigenvalue weighted by Gasteiger charge is -2.11. The fourth-order valence-electron chi connectivity index (χ4n) is 1.76. The van der Waals surface area contributed by atoms with Crippen molar-refractivity contribution in [3.8, 4) is 0 Å². The van der Waals surface area contributed by atoms with Crippen LogP contribution in [0.15, 0.2) is 6.33 Å². The van der Waals surface area contributed by atoms with Gasteiger partial charge in [-0.3, -0.25) is 0 Å². The van der Waals surface area contributed by atoms with Crippen molar-refractivity contribution in [3.05, 3.63) is 15.7 Å². The smallest absolute Gasteiger partial charge is 0.182 e. The van der Waals surface area contributed by atoms with Crippen molar-refractivity contribution < 1.29 is 0 Å². The Bertz CT molecular complexity index is 660. The zero-order valence-corrected chi connectivity index (χ0v) is 11.4. The molecule has 2 heterocycles. The molecule has 86 valence electrons. The molecule has 2 aromatic rings. The van der Waals surface area contributed by atoms with Crippen LogP contribution in [0.5, 0.6) is 0 Å². The fourth-order valence-corrected chi connectivity index (χ4v) is 2.27. The van der Waals surface area contributed by atoms with Crippen LogP contribution in [0.2, 0.25) is 0 Å². The molecule has 0 bridgehead atoms. The van der Waals surface area contributed by atoms with Crippen molar-refractivity contribution in [1.82, 2.24) is 18.7 Å². The second-order valence-electron chi connectivity index (χ2n) is 4.12. The van der Waals surface area contributed by atoms with Gasteiger partial charge < -0.3 is 13.7 Å². The predicted molar refractivity (Wildman–Crippen MR) is 69.7 cm³/mol. The van der Waals surface area contributed by atoms with E-state index in [0.29, 0.717) is 10.8 Å². The van der Waals surface area contributed by atoms with E-state index in [-0.39, 0.29) is 0 Å². The minimum Gasteiger partial charge on any atom is -0.324 e. The highest BCUT2D eigenvalue weighted by Gasteiger charge is 2.11. The molecule has 0 fully saturated rings. The number of aryl methyl sites for hydroxylation is 1. The highest BCUT2D eigenvalue weighted by molar-refractivity contribution is 7.72. The van der Waals surface area contributed by atoms with Crippen molar-refractivity contribution in [2.75, 3.05) is 0 Å². The van der Waals surface area contributed by atoms with E-state index in [2.05, 4.69) is 23.4 Å². The van der Waals surface area contributed by atoms with Gasteiger partial charge in [0.1, 0.15) is 10.2 Å². The Labute approximate surface area is 104 Å². The lowest BCUT2D eigenvalue weighted by atomic mass is 10.4. The first-order valence-electron chi connectivity index (χ1n) is 5.07. The van der Waals surface area contributed by atoms with Gasteiger partial charge in [-0.2, -0.15) is 0 Å². The molecule has 6 heteroatoms. The zero-order chi connectivity index (χ0) is 12.0. The summed E-state index contributed by atoms with van der Waals surface area (Å²) in [5.41, 5.74) is 1.82. The van der Waals surface area contributed by atoms with E-state index >= 15 is 0 Å². The van der Waals surface area contributed by atoms with Gasteiger partial charge in [-0.15, -0.1) is 0 Å². The molecule has 4 nitrogen and oxygen atoms in total. The van der Waals surface area contributed by atoms with Crippen molar-refractivity contribution in [2.24, 2.45) is 14.1 Å². The maximum Gasteiger partial charge on any atom is 0.182 e. The number of nitrogens with zero attached hydrogens (tertiary/aromatic N) is 4. The van der Waals surface area contributed by atoms with Gasteiger partial charge in [-0.1, -0.05) is 12.2 Å². The van der Waals surface area contributed by atoms with Crippen LogP contribution in [0.1, 0.15) is 19.9 Å². The van der Waals surface area contributed by atoms with E-state index in [1.807, 2.05) is 29.6 Å². The number of rotatable bonds is 1. The summed E-state index contributed by atoms with van der Waals surface area (Å²) >= 11 is 10.7. The minimum atomic E-state index is 0.336. The average Bonchev–Trinajstić information content (AvgIpc) is 2.67. The van der Waals surface area contributed by atoms with E-state index in [0.717, 1.165) is 15.8 Å². The largest absolute Gasteiger partial charge is 0.324 e. The molecule has 2 aromatic heterocycles. The van der Waals surface area contributed by atoms with Gasteiger partial charge in [0.15, 0.2) is 10.4 Å². The highest BCUT2D eigenvalue weighted by atomic mass is 32.1. The summed E-state index contributed by atoms with van der Waals surface area (Å²) < 4.78 is 7.23. The van der Waals surface area contributed by atoms with Gasteiger partial charge in [0, 0.05) is 20.1 Å². The third-order valence-electron chi connectivity index (χ3n) is 2.73. The van der Waals surface area contributed by atoms with E-state index in [1.54, 1.807) is 0 Å². The first-order valence-corrected chi connectivity index (χ1v) is 5.89. The van der Waals surface area contributed by atoms with Crippen LogP contribution in [0.25, 0.3) is 11.2 Å². The molecule has 0 saturated carbocycles. The van der Waals surface area contributed by atoms with Crippen LogP contribution in [-0.4, -0.2) is 18.7 Å². The summed E-state index contributed by atoms with van der Waals surface area (Å²) in [4.78, 5) is 4.38. The molecule has 0 N–H and O–H groups in total. The second-order valence-corrected chi connectivity index (χ2v) is 4.88. The summed E-state index contributed by atoms with van der Waals surface area (Å²) in [6.45, 7) is 4.22. The zero-order valence-electron chi connectivity index (χ0n) is 9.76.